The number of ether oxygens (including phenoxy) is 1. The van der Waals surface area contributed by atoms with Crippen LogP contribution in [0.4, 0.5) is 0 Å². The van der Waals surface area contributed by atoms with E-state index >= 15 is 0 Å². The molecular formula is C15H15BrN2O2. The Bertz CT molecular complexity index is 642. The Balaban J connectivity index is 2.22. The van der Waals surface area contributed by atoms with Gasteiger partial charge in [0.1, 0.15) is 12.4 Å². The van der Waals surface area contributed by atoms with Gasteiger partial charge < -0.3 is 15.7 Å². The van der Waals surface area contributed by atoms with Crippen LogP contribution in [0.5, 0.6) is 5.75 Å². The summed E-state index contributed by atoms with van der Waals surface area (Å²) in [6.45, 7) is 2.37. The van der Waals surface area contributed by atoms with Gasteiger partial charge >= 0.3 is 0 Å². The molecule has 0 bridgehead atoms. The molecule has 0 heterocycles. The average molecular weight is 335 g/mol. The molecule has 3 N–H and O–H groups in total. The van der Waals surface area contributed by atoms with Crippen molar-refractivity contribution in [3.05, 3.63) is 63.6 Å². The lowest BCUT2D eigenvalue weighted by atomic mass is 10.1. The van der Waals surface area contributed by atoms with Crippen molar-refractivity contribution in [3.63, 3.8) is 0 Å². The van der Waals surface area contributed by atoms with Crippen LogP contribution in [0.15, 0.2) is 52.1 Å². The number of nitrogens with zero attached hydrogens (tertiary/aromatic N) is 1. The molecule has 0 saturated carbocycles. The number of aryl methyl sites for hydroxylation is 1. The van der Waals surface area contributed by atoms with Gasteiger partial charge in [-0.2, -0.15) is 0 Å². The Morgan fingerprint density at radius 1 is 1.30 bits per heavy atom. The molecule has 5 heteroatoms. The third kappa shape index (κ3) is 3.51. The van der Waals surface area contributed by atoms with Crippen molar-refractivity contribution in [2.75, 3.05) is 0 Å². The van der Waals surface area contributed by atoms with Crippen molar-refractivity contribution in [2.24, 2.45) is 10.9 Å². The normalized spacial score (nSPS) is 11.4. The fourth-order valence-electron chi connectivity index (χ4n) is 1.80. The third-order valence-corrected chi connectivity index (χ3v) is 3.30. The molecule has 0 aliphatic carbocycles. The molecular weight excluding hydrogens is 320 g/mol. The van der Waals surface area contributed by atoms with Crippen LogP contribution in [-0.2, 0) is 6.61 Å². The Kier molecular flexibility index (Phi) is 4.63. The van der Waals surface area contributed by atoms with Gasteiger partial charge in [-0.3, -0.25) is 0 Å². The zero-order valence-corrected chi connectivity index (χ0v) is 12.6. The van der Waals surface area contributed by atoms with E-state index in [2.05, 4.69) is 21.1 Å². The molecule has 0 radical (unpaired) electrons. The van der Waals surface area contributed by atoms with Gasteiger partial charge in [-0.05, 0) is 42.3 Å². The fourth-order valence-corrected chi connectivity index (χ4v) is 2.25. The molecule has 2 aromatic carbocycles. The molecule has 0 aromatic heterocycles. The van der Waals surface area contributed by atoms with E-state index in [0.717, 1.165) is 15.6 Å². The van der Waals surface area contributed by atoms with Crippen LogP contribution in [0.3, 0.4) is 0 Å². The van der Waals surface area contributed by atoms with E-state index < -0.39 is 0 Å². The Morgan fingerprint density at radius 2 is 2.10 bits per heavy atom. The van der Waals surface area contributed by atoms with Crippen molar-refractivity contribution in [2.45, 2.75) is 13.5 Å². The van der Waals surface area contributed by atoms with Crippen molar-refractivity contribution in [1.29, 1.82) is 0 Å². The molecule has 20 heavy (non-hydrogen) atoms. The molecule has 0 aliphatic rings. The number of oxime groups is 1. The minimum Gasteiger partial charge on any atom is -0.488 e. The monoisotopic (exact) mass is 334 g/mol. The summed E-state index contributed by atoms with van der Waals surface area (Å²) in [5.41, 5.74) is 8.31. The van der Waals surface area contributed by atoms with E-state index in [1.54, 1.807) is 6.07 Å². The molecule has 0 saturated heterocycles. The summed E-state index contributed by atoms with van der Waals surface area (Å²) >= 11 is 3.42. The molecule has 0 unspecified atom stereocenters. The van der Waals surface area contributed by atoms with Gasteiger partial charge in [-0.15, -0.1) is 0 Å². The maximum absolute atomic E-state index is 8.80. The lowest BCUT2D eigenvalue weighted by Gasteiger charge is -2.12. The van der Waals surface area contributed by atoms with Crippen LogP contribution in [0.25, 0.3) is 0 Å². The first-order valence-corrected chi connectivity index (χ1v) is 6.85. The number of nitrogens with two attached hydrogens (primary N) is 1. The minimum atomic E-state index is 0.0363. The zero-order chi connectivity index (χ0) is 14.5. The zero-order valence-electron chi connectivity index (χ0n) is 11.0. The first kappa shape index (κ1) is 14.4. The SMILES string of the molecule is Cc1ccc(/C(N)=N/O)c(OCc2cccc(Br)c2)c1. The average Bonchev–Trinajstić information content (AvgIpc) is 2.44. The minimum absolute atomic E-state index is 0.0363. The van der Waals surface area contributed by atoms with Gasteiger partial charge in [0.25, 0.3) is 0 Å². The van der Waals surface area contributed by atoms with Gasteiger partial charge in [0.2, 0.25) is 0 Å². The second kappa shape index (κ2) is 6.43. The maximum atomic E-state index is 8.80. The van der Waals surface area contributed by atoms with E-state index in [1.165, 1.54) is 0 Å². The number of hydrogen-bond acceptors (Lipinski definition) is 3. The molecule has 104 valence electrons. The van der Waals surface area contributed by atoms with Crippen LogP contribution in [0, 0.1) is 6.92 Å². The molecule has 0 fully saturated rings. The van der Waals surface area contributed by atoms with Crippen molar-refractivity contribution >= 4 is 21.8 Å². The Labute approximate surface area is 126 Å². The van der Waals surface area contributed by atoms with Crippen LogP contribution in [0.1, 0.15) is 16.7 Å². The van der Waals surface area contributed by atoms with E-state index in [-0.39, 0.29) is 5.84 Å². The van der Waals surface area contributed by atoms with Gasteiger partial charge in [0.05, 0.1) is 5.56 Å². The van der Waals surface area contributed by atoms with Crippen molar-refractivity contribution in [1.82, 2.24) is 0 Å². The fraction of sp³-hybridized carbons (Fsp3) is 0.133. The molecule has 2 rings (SSSR count). The number of hydrogen-bond donors (Lipinski definition) is 2. The highest BCUT2D eigenvalue weighted by molar-refractivity contribution is 9.10. The topological polar surface area (TPSA) is 67.8 Å². The number of benzene rings is 2. The smallest absolute Gasteiger partial charge is 0.173 e. The predicted molar refractivity (Wildman–Crippen MR) is 82.2 cm³/mol. The number of rotatable bonds is 4. The summed E-state index contributed by atoms with van der Waals surface area (Å²) in [6, 6.07) is 13.4. The highest BCUT2D eigenvalue weighted by atomic mass is 79.9. The van der Waals surface area contributed by atoms with Crippen molar-refractivity contribution < 1.29 is 9.94 Å². The van der Waals surface area contributed by atoms with Crippen molar-refractivity contribution in [3.8, 4) is 5.75 Å². The molecule has 0 aliphatic heterocycles. The van der Waals surface area contributed by atoms with Crippen LogP contribution >= 0.6 is 15.9 Å². The summed E-state index contributed by atoms with van der Waals surface area (Å²) in [6.07, 6.45) is 0. The standard InChI is InChI=1S/C15H15BrN2O2/c1-10-5-6-13(15(17)18-19)14(7-10)20-9-11-3-2-4-12(16)8-11/h2-8,19H,9H2,1H3,(H2,17,18). The van der Waals surface area contributed by atoms with E-state index in [4.69, 9.17) is 15.7 Å². The summed E-state index contributed by atoms with van der Waals surface area (Å²) in [7, 11) is 0. The molecule has 0 amide bonds. The Morgan fingerprint density at radius 3 is 2.80 bits per heavy atom. The highest BCUT2D eigenvalue weighted by Gasteiger charge is 2.09. The first-order chi connectivity index (χ1) is 9.60. The molecule has 0 atom stereocenters. The van der Waals surface area contributed by atoms with E-state index in [9.17, 15) is 0 Å². The first-order valence-electron chi connectivity index (χ1n) is 6.06. The lowest BCUT2D eigenvalue weighted by Crippen LogP contribution is -2.15. The maximum Gasteiger partial charge on any atom is 0.173 e. The molecule has 4 nitrogen and oxygen atoms in total. The van der Waals surface area contributed by atoms with E-state index in [1.807, 2.05) is 43.3 Å². The second-order valence-electron chi connectivity index (χ2n) is 4.40. The van der Waals surface area contributed by atoms with Crippen LogP contribution < -0.4 is 10.5 Å². The molecule has 2 aromatic rings. The number of amidine groups is 1. The van der Waals surface area contributed by atoms with Crippen LogP contribution in [0.2, 0.25) is 0 Å². The van der Waals surface area contributed by atoms with E-state index in [0.29, 0.717) is 17.9 Å². The molecule has 0 spiro atoms. The van der Waals surface area contributed by atoms with Gasteiger partial charge in [-0.1, -0.05) is 39.3 Å². The summed E-state index contributed by atoms with van der Waals surface area (Å²) in [5, 5.41) is 11.8. The summed E-state index contributed by atoms with van der Waals surface area (Å²) < 4.78 is 6.79. The number of halogens is 1. The Hall–Kier alpha value is -2.01. The predicted octanol–water partition coefficient (Wildman–Crippen LogP) is 3.43. The van der Waals surface area contributed by atoms with Gasteiger partial charge in [0, 0.05) is 4.47 Å². The largest absolute Gasteiger partial charge is 0.488 e. The van der Waals surface area contributed by atoms with Gasteiger partial charge in [0.15, 0.2) is 5.84 Å². The highest BCUT2D eigenvalue weighted by Crippen LogP contribution is 2.22. The second-order valence-corrected chi connectivity index (χ2v) is 5.32. The van der Waals surface area contributed by atoms with Gasteiger partial charge in [-0.25, -0.2) is 0 Å². The third-order valence-electron chi connectivity index (χ3n) is 2.80. The van der Waals surface area contributed by atoms with Crippen LogP contribution in [-0.4, -0.2) is 11.0 Å². The lowest BCUT2D eigenvalue weighted by molar-refractivity contribution is 0.303. The quantitative estimate of drug-likeness (QED) is 0.389. The summed E-state index contributed by atoms with van der Waals surface area (Å²) in [4.78, 5) is 0. The summed E-state index contributed by atoms with van der Waals surface area (Å²) in [5.74, 6) is 0.634.